The minimum atomic E-state index is -0.0544. The van der Waals surface area contributed by atoms with Gasteiger partial charge >= 0.3 is 0 Å². The average Bonchev–Trinajstić information content (AvgIpc) is 2.75. The van der Waals surface area contributed by atoms with Crippen LogP contribution < -0.4 is 10.5 Å². The maximum absolute atomic E-state index is 7.66. The van der Waals surface area contributed by atoms with Crippen molar-refractivity contribution in [3.8, 4) is 11.5 Å². The van der Waals surface area contributed by atoms with Crippen LogP contribution in [0.5, 0.6) is 11.5 Å². The number of nitrogens with two attached hydrogens (primary N) is 1. The summed E-state index contributed by atoms with van der Waals surface area (Å²) in [6.07, 6.45) is 3.47. The second-order valence-electron chi connectivity index (χ2n) is 4.99. The van der Waals surface area contributed by atoms with Gasteiger partial charge in [0.2, 0.25) is 0 Å². The minimum Gasteiger partial charge on any atom is -0.453 e. The van der Waals surface area contributed by atoms with Gasteiger partial charge in [0, 0.05) is 17.8 Å². The summed E-state index contributed by atoms with van der Waals surface area (Å²) < 4.78 is 7.63. The van der Waals surface area contributed by atoms with Crippen LogP contribution in [0.2, 0.25) is 0 Å². The molecule has 2 aromatic heterocycles. The second-order valence-corrected chi connectivity index (χ2v) is 4.99. The third kappa shape index (κ3) is 2.79. The van der Waals surface area contributed by atoms with Crippen LogP contribution in [-0.2, 0) is 0 Å². The van der Waals surface area contributed by atoms with Crippen molar-refractivity contribution in [2.24, 2.45) is 5.73 Å². The number of amidine groups is 1. The molecule has 0 aliphatic heterocycles. The molecule has 0 saturated heterocycles. The van der Waals surface area contributed by atoms with Gasteiger partial charge in [-0.25, -0.2) is 0 Å². The van der Waals surface area contributed by atoms with Gasteiger partial charge in [0.15, 0.2) is 5.75 Å². The highest BCUT2D eigenvalue weighted by Gasteiger charge is 2.14. The number of hydrogen-bond acceptors (Lipinski definition) is 4. The summed E-state index contributed by atoms with van der Waals surface area (Å²) in [6.45, 7) is 7.77. The molecular weight excluding hydrogens is 254 g/mol. The number of hydrogen-bond donors (Lipinski definition) is 2. The van der Waals surface area contributed by atoms with Crippen LogP contribution >= 0.6 is 0 Å². The number of nitrogens with zero attached hydrogens (tertiary/aromatic N) is 3. The Labute approximate surface area is 118 Å². The molecule has 6 nitrogen and oxygen atoms in total. The Balaban J connectivity index is 2.39. The molecule has 0 radical (unpaired) electrons. The van der Waals surface area contributed by atoms with Crippen LogP contribution in [0.15, 0.2) is 18.5 Å². The monoisotopic (exact) mass is 273 g/mol. The Morgan fingerprint density at radius 3 is 2.65 bits per heavy atom. The van der Waals surface area contributed by atoms with Crippen molar-refractivity contribution in [3.63, 3.8) is 0 Å². The fourth-order valence-corrected chi connectivity index (χ4v) is 1.98. The first kappa shape index (κ1) is 14.0. The first-order valence-electron chi connectivity index (χ1n) is 6.43. The number of ether oxygens (including phenoxy) is 1. The van der Waals surface area contributed by atoms with E-state index in [1.807, 2.05) is 38.6 Å². The maximum Gasteiger partial charge on any atom is 0.165 e. The van der Waals surface area contributed by atoms with Crippen molar-refractivity contribution in [2.45, 2.75) is 33.7 Å². The van der Waals surface area contributed by atoms with Crippen molar-refractivity contribution >= 4 is 5.84 Å². The zero-order valence-corrected chi connectivity index (χ0v) is 12.1. The molecule has 6 heteroatoms. The van der Waals surface area contributed by atoms with E-state index in [1.54, 1.807) is 12.3 Å². The number of rotatable bonds is 4. The standard InChI is InChI=1S/C14H19N5O/c1-8(2)19-7-11(6-17-19)20-12-5-9(3)18-10(4)13(12)14(15)16/h5-8H,1-4H3,(H3,15,16). The van der Waals surface area contributed by atoms with E-state index in [0.717, 1.165) is 5.69 Å². The van der Waals surface area contributed by atoms with E-state index >= 15 is 0 Å². The number of aryl methyl sites for hydroxylation is 2. The molecule has 0 fully saturated rings. The Morgan fingerprint density at radius 2 is 2.10 bits per heavy atom. The Hall–Kier alpha value is -2.37. The van der Waals surface area contributed by atoms with Crippen molar-refractivity contribution in [1.82, 2.24) is 14.8 Å². The molecule has 3 N–H and O–H groups in total. The zero-order chi connectivity index (χ0) is 14.9. The number of nitrogens with one attached hydrogen (secondary N) is 1. The van der Waals surface area contributed by atoms with Gasteiger partial charge in [0.1, 0.15) is 11.6 Å². The molecular formula is C14H19N5O. The van der Waals surface area contributed by atoms with Gasteiger partial charge in [-0.3, -0.25) is 15.1 Å². The molecule has 0 bridgehead atoms. The topological polar surface area (TPSA) is 89.8 Å². The SMILES string of the molecule is Cc1cc(Oc2cnn(C(C)C)c2)c(C(=N)N)c(C)n1. The molecule has 0 amide bonds. The molecule has 0 aromatic carbocycles. The van der Waals surface area contributed by atoms with Gasteiger partial charge in [-0.15, -0.1) is 0 Å². The van der Waals surface area contributed by atoms with E-state index < -0.39 is 0 Å². The first-order chi connectivity index (χ1) is 9.38. The van der Waals surface area contributed by atoms with E-state index in [2.05, 4.69) is 10.1 Å². The molecule has 2 rings (SSSR count). The molecule has 2 aromatic rings. The molecule has 2 heterocycles. The van der Waals surface area contributed by atoms with E-state index in [0.29, 0.717) is 22.8 Å². The third-order valence-corrected chi connectivity index (χ3v) is 2.90. The fraction of sp³-hybridized carbons (Fsp3) is 0.357. The van der Waals surface area contributed by atoms with Gasteiger partial charge in [0.25, 0.3) is 0 Å². The molecule has 20 heavy (non-hydrogen) atoms. The van der Waals surface area contributed by atoms with Crippen LogP contribution in [0.1, 0.15) is 36.8 Å². The summed E-state index contributed by atoms with van der Waals surface area (Å²) in [6, 6.07) is 2.04. The van der Waals surface area contributed by atoms with Gasteiger partial charge in [-0.2, -0.15) is 5.10 Å². The van der Waals surface area contributed by atoms with Gasteiger partial charge < -0.3 is 10.5 Å². The summed E-state index contributed by atoms with van der Waals surface area (Å²) in [7, 11) is 0. The molecule has 0 saturated carbocycles. The second kappa shape index (κ2) is 5.32. The highest BCUT2D eigenvalue weighted by molar-refractivity contribution is 5.98. The van der Waals surface area contributed by atoms with Crippen molar-refractivity contribution in [2.75, 3.05) is 0 Å². The quantitative estimate of drug-likeness (QED) is 0.661. The average molecular weight is 273 g/mol. The summed E-state index contributed by atoms with van der Waals surface area (Å²) in [4.78, 5) is 4.31. The van der Waals surface area contributed by atoms with Crippen LogP contribution in [0.25, 0.3) is 0 Å². The summed E-state index contributed by atoms with van der Waals surface area (Å²) >= 11 is 0. The van der Waals surface area contributed by atoms with E-state index in [9.17, 15) is 0 Å². The number of aromatic nitrogens is 3. The lowest BCUT2D eigenvalue weighted by molar-refractivity contribution is 0.474. The lowest BCUT2D eigenvalue weighted by Gasteiger charge is -2.12. The molecule has 0 unspecified atom stereocenters. The van der Waals surface area contributed by atoms with Crippen molar-refractivity contribution < 1.29 is 4.74 Å². The molecule has 0 aliphatic carbocycles. The molecule has 0 atom stereocenters. The van der Waals surface area contributed by atoms with Gasteiger partial charge in [-0.05, 0) is 27.7 Å². The highest BCUT2D eigenvalue weighted by atomic mass is 16.5. The van der Waals surface area contributed by atoms with E-state index in [4.69, 9.17) is 15.9 Å². The molecule has 0 spiro atoms. The minimum absolute atomic E-state index is 0.0544. The molecule has 106 valence electrons. The van der Waals surface area contributed by atoms with Gasteiger partial charge in [-0.1, -0.05) is 0 Å². The summed E-state index contributed by atoms with van der Waals surface area (Å²) in [5.74, 6) is 1.10. The Kier molecular flexibility index (Phi) is 3.74. The van der Waals surface area contributed by atoms with Crippen LogP contribution in [0, 0.1) is 19.3 Å². The van der Waals surface area contributed by atoms with E-state index in [1.165, 1.54) is 0 Å². The zero-order valence-electron chi connectivity index (χ0n) is 12.1. The lowest BCUT2D eigenvalue weighted by atomic mass is 10.1. The third-order valence-electron chi connectivity index (χ3n) is 2.90. The highest BCUT2D eigenvalue weighted by Crippen LogP contribution is 2.27. The first-order valence-corrected chi connectivity index (χ1v) is 6.43. The maximum atomic E-state index is 7.66. The van der Waals surface area contributed by atoms with Crippen molar-refractivity contribution in [3.05, 3.63) is 35.4 Å². The molecule has 0 aliphatic rings. The Morgan fingerprint density at radius 1 is 1.40 bits per heavy atom. The van der Waals surface area contributed by atoms with Crippen LogP contribution in [0.4, 0.5) is 0 Å². The predicted molar refractivity (Wildman–Crippen MR) is 77.4 cm³/mol. The normalized spacial score (nSPS) is 10.8. The largest absolute Gasteiger partial charge is 0.453 e. The van der Waals surface area contributed by atoms with Crippen molar-refractivity contribution in [1.29, 1.82) is 5.41 Å². The van der Waals surface area contributed by atoms with E-state index in [-0.39, 0.29) is 11.9 Å². The van der Waals surface area contributed by atoms with Crippen LogP contribution in [0.3, 0.4) is 0 Å². The summed E-state index contributed by atoms with van der Waals surface area (Å²) in [5, 5.41) is 11.9. The van der Waals surface area contributed by atoms with Crippen LogP contribution in [-0.4, -0.2) is 20.6 Å². The number of nitrogen functional groups attached to an aromatic ring is 1. The Bertz CT molecular complexity index is 645. The van der Waals surface area contributed by atoms with Gasteiger partial charge in [0.05, 0.1) is 23.7 Å². The number of pyridine rings is 1. The fourth-order valence-electron chi connectivity index (χ4n) is 1.98. The predicted octanol–water partition coefficient (Wildman–Crippen LogP) is 2.55. The summed E-state index contributed by atoms with van der Waals surface area (Å²) in [5.41, 5.74) is 7.64. The smallest absolute Gasteiger partial charge is 0.165 e. The lowest BCUT2D eigenvalue weighted by Crippen LogP contribution is -2.15.